The van der Waals surface area contributed by atoms with E-state index in [-0.39, 0.29) is 11.3 Å². The summed E-state index contributed by atoms with van der Waals surface area (Å²) in [7, 11) is 0. The molecule has 0 bridgehead atoms. The van der Waals surface area contributed by atoms with Crippen molar-refractivity contribution in [3.05, 3.63) is 58.7 Å². The number of hydrogen-bond acceptors (Lipinski definition) is 2. The Morgan fingerprint density at radius 3 is 2.29 bits per heavy atom. The number of hydrogen-bond donors (Lipinski definition) is 0. The van der Waals surface area contributed by atoms with Crippen LogP contribution in [0.25, 0.3) is 0 Å². The van der Waals surface area contributed by atoms with E-state index >= 15 is 0 Å². The Kier molecular flexibility index (Phi) is 4.02. The zero-order valence-corrected chi connectivity index (χ0v) is 11.5. The largest absolute Gasteiger partial charge is 0.457 e. The van der Waals surface area contributed by atoms with Crippen LogP contribution in [0.15, 0.2) is 36.4 Å². The number of benzene rings is 2. The summed E-state index contributed by atoms with van der Waals surface area (Å²) >= 11 is 0. The van der Waals surface area contributed by atoms with Gasteiger partial charge in [0.2, 0.25) is 0 Å². The van der Waals surface area contributed by atoms with Crippen molar-refractivity contribution in [2.45, 2.75) is 20.0 Å². The van der Waals surface area contributed by atoms with Crippen LogP contribution in [-0.4, -0.2) is 6.29 Å². The number of aldehydes is 1. The lowest BCUT2D eigenvalue weighted by Gasteiger charge is -2.14. The van der Waals surface area contributed by atoms with Crippen LogP contribution >= 0.6 is 0 Å². The Hall–Kier alpha value is -2.30. The van der Waals surface area contributed by atoms with Crippen molar-refractivity contribution < 1.29 is 22.7 Å². The van der Waals surface area contributed by atoms with Gasteiger partial charge < -0.3 is 4.74 Å². The van der Waals surface area contributed by atoms with E-state index in [1.54, 1.807) is 18.2 Å². The second kappa shape index (κ2) is 5.60. The molecule has 0 aliphatic rings. The lowest BCUT2D eigenvalue weighted by Crippen LogP contribution is -2.08. The van der Waals surface area contributed by atoms with Crippen LogP contribution in [0.4, 0.5) is 13.2 Å². The van der Waals surface area contributed by atoms with Gasteiger partial charge in [0.05, 0.1) is 5.56 Å². The van der Waals surface area contributed by atoms with Gasteiger partial charge in [-0.05, 0) is 55.3 Å². The number of ether oxygens (including phenoxy) is 1. The highest BCUT2D eigenvalue weighted by Crippen LogP contribution is 2.38. The first kappa shape index (κ1) is 15.1. The predicted molar refractivity (Wildman–Crippen MR) is 72.8 cm³/mol. The minimum Gasteiger partial charge on any atom is -0.457 e. The number of alkyl halides is 3. The summed E-state index contributed by atoms with van der Waals surface area (Å²) in [5, 5.41) is 0. The minimum atomic E-state index is -4.59. The number of rotatable bonds is 3. The molecule has 0 fully saturated rings. The summed E-state index contributed by atoms with van der Waals surface area (Å²) in [6.45, 7) is 3.75. The van der Waals surface area contributed by atoms with Crippen LogP contribution in [0.5, 0.6) is 11.5 Å². The fourth-order valence-electron chi connectivity index (χ4n) is 1.84. The molecule has 0 aliphatic carbocycles. The molecule has 2 nitrogen and oxygen atoms in total. The van der Waals surface area contributed by atoms with Crippen molar-refractivity contribution in [1.29, 1.82) is 0 Å². The second-order valence-corrected chi connectivity index (χ2v) is 4.72. The lowest BCUT2D eigenvalue weighted by atomic mass is 10.1. The maximum absolute atomic E-state index is 13.0. The van der Waals surface area contributed by atoms with Crippen molar-refractivity contribution in [3.63, 3.8) is 0 Å². The first-order valence-corrected chi connectivity index (χ1v) is 6.23. The maximum Gasteiger partial charge on any atom is 0.420 e. The van der Waals surface area contributed by atoms with Gasteiger partial charge >= 0.3 is 6.18 Å². The topological polar surface area (TPSA) is 26.3 Å². The second-order valence-electron chi connectivity index (χ2n) is 4.72. The molecule has 110 valence electrons. The first-order valence-electron chi connectivity index (χ1n) is 6.23. The third-order valence-electron chi connectivity index (χ3n) is 3.15. The van der Waals surface area contributed by atoms with Crippen LogP contribution in [0.1, 0.15) is 27.0 Å². The van der Waals surface area contributed by atoms with E-state index in [1.165, 1.54) is 6.07 Å². The van der Waals surface area contributed by atoms with Gasteiger partial charge in [-0.15, -0.1) is 0 Å². The molecular weight excluding hydrogens is 281 g/mol. The molecule has 0 unspecified atom stereocenters. The summed E-state index contributed by atoms with van der Waals surface area (Å²) in [4.78, 5) is 10.6. The average molecular weight is 294 g/mol. The van der Waals surface area contributed by atoms with Crippen LogP contribution in [0.3, 0.4) is 0 Å². The zero-order chi connectivity index (χ0) is 15.6. The summed E-state index contributed by atoms with van der Waals surface area (Å²) in [5.74, 6) is -0.00111. The number of halogens is 3. The van der Waals surface area contributed by atoms with Gasteiger partial charge in [-0.1, -0.05) is 6.07 Å². The quantitative estimate of drug-likeness (QED) is 0.750. The lowest BCUT2D eigenvalue weighted by molar-refractivity contribution is -0.138. The van der Waals surface area contributed by atoms with E-state index in [9.17, 15) is 18.0 Å². The number of aryl methyl sites for hydroxylation is 2. The minimum absolute atomic E-state index is 0.0465. The van der Waals surface area contributed by atoms with Crippen LogP contribution in [0.2, 0.25) is 0 Å². The van der Waals surface area contributed by atoms with Gasteiger partial charge in [-0.3, -0.25) is 4.79 Å². The van der Waals surface area contributed by atoms with Gasteiger partial charge in [0.1, 0.15) is 17.8 Å². The molecule has 2 aromatic carbocycles. The summed E-state index contributed by atoms with van der Waals surface area (Å²) < 4.78 is 44.4. The molecule has 2 rings (SSSR count). The van der Waals surface area contributed by atoms with E-state index in [2.05, 4.69) is 0 Å². The molecule has 0 amide bonds. The summed E-state index contributed by atoms with van der Waals surface area (Å²) in [6.07, 6.45) is -4.22. The molecule has 0 N–H and O–H groups in total. The molecule has 5 heteroatoms. The summed E-state index contributed by atoms with van der Waals surface area (Å²) in [6, 6.07) is 8.28. The molecule has 0 spiro atoms. The Morgan fingerprint density at radius 1 is 1.00 bits per heavy atom. The molecule has 0 saturated carbocycles. The van der Waals surface area contributed by atoms with Crippen molar-refractivity contribution in [2.75, 3.05) is 0 Å². The van der Waals surface area contributed by atoms with E-state index in [0.29, 0.717) is 12.0 Å². The van der Waals surface area contributed by atoms with Crippen LogP contribution in [0, 0.1) is 13.8 Å². The smallest absolute Gasteiger partial charge is 0.420 e. The molecule has 2 aromatic rings. The normalized spacial score (nSPS) is 11.3. The van der Waals surface area contributed by atoms with E-state index in [0.717, 1.165) is 23.3 Å². The van der Waals surface area contributed by atoms with Crippen molar-refractivity contribution >= 4 is 6.29 Å². The third-order valence-corrected chi connectivity index (χ3v) is 3.15. The average Bonchev–Trinajstić information content (AvgIpc) is 2.42. The maximum atomic E-state index is 13.0. The zero-order valence-electron chi connectivity index (χ0n) is 11.5. The Labute approximate surface area is 120 Å². The van der Waals surface area contributed by atoms with E-state index in [4.69, 9.17) is 4.74 Å². The van der Waals surface area contributed by atoms with Gasteiger partial charge in [-0.25, -0.2) is 0 Å². The number of carbonyl (C=O) groups is 1. The predicted octanol–water partition coefficient (Wildman–Crippen LogP) is 4.93. The van der Waals surface area contributed by atoms with Crippen molar-refractivity contribution in [1.82, 2.24) is 0 Å². The van der Waals surface area contributed by atoms with Crippen molar-refractivity contribution in [2.24, 2.45) is 0 Å². The highest BCUT2D eigenvalue weighted by molar-refractivity contribution is 5.75. The molecule has 0 aliphatic heterocycles. The monoisotopic (exact) mass is 294 g/mol. The molecule has 0 saturated heterocycles. The Balaban J connectivity index is 2.43. The van der Waals surface area contributed by atoms with Crippen LogP contribution in [-0.2, 0) is 6.18 Å². The number of carbonyl (C=O) groups excluding carboxylic acids is 1. The van der Waals surface area contributed by atoms with E-state index < -0.39 is 11.7 Å². The molecular formula is C16H13F3O2. The molecule has 21 heavy (non-hydrogen) atoms. The Morgan fingerprint density at radius 2 is 1.71 bits per heavy atom. The van der Waals surface area contributed by atoms with Crippen LogP contribution < -0.4 is 4.74 Å². The fourth-order valence-corrected chi connectivity index (χ4v) is 1.84. The highest BCUT2D eigenvalue weighted by atomic mass is 19.4. The van der Waals surface area contributed by atoms with Gasteiger partial charge in [0.25, 0.3) is 0 Å². The highest BCUT2D eigenvalue weighted by Gasteiger charge is 2.34. The fraction of sp³-hybridized carbons (Fsp3) is 0.188. The van der Waals surface area contributed by atoms with Gasteiger partial charge in [0.15, 0.2) is 0 Å². The molecule has 0 aromatic heterocycles. The molecule has 0 radical (unpaired) electrons. The summed E-state index contributed by atoms with van der Waals surface area (Å²) in [5.41, 5.74) is 0.931. The van der Waals surface area contributed by atoms with Gasteiger partial charge in [-0.2, -0.15) is 13.2 Å². The standard InChI is InChI=1S/C16H13F3O2/c1-10-3-5-13(7-11(10)2)21-15-6-4-12(9-20)8-14(15)16(17,18)19/h3-9H,1-2H3. The third kappa shape index (κ3) is 3.42. The van der Waals surface area contributed by atoms with Crippen molar-refractivity contribution in [3.8, 4) is 11.5 Å². The Bertz CT molecular complexity index is 676. The SMILES string of the molecule is Cc1ccc(Oc2ccc(C=O)cc2C(F)(F)F)cc1C. The van der Waals surface area contributed by atoms with E-state index in [1.807, 2.05) is 13.8 Å². The molecule has 0 atom stereocenters. The van der Waals surface area contributed by atoms with Gasteiger partial charge in [0, 0.05) is 5.56 Å². The molecule has 0 heterocycles. The first-order chi connectivity index (χ1) is 9.81.